The molecule has 118 valence electrons. The largest absolute Gasteiger partial charge is 0.356 e. The van der Waals surface area contributed by atoms with E-state index in [1.165, 1.54) is 12.0 Å². The van der Waals surface area contributed by atoms with E-state index < -0.39 is 0 Å². The molecule has 0 aromatic carbocycles. The van der Waals surface area contributed by atoms with E-state index in [-0.39, 0.29) is 0 Å². The van der Waals surface area contributed by atoms with Crippen molar-refractivity contribution in [2.75, 3.05) is 18.0 Å². The minimum absolute atomic E-state index is 0.368. The Morgan fingerprint density at radius 3 is 2.82 bits per heavy atom. The van der Waals surface area contributed by atoms with Gasteiger partial charge in [0.25, 0.3) is 0 Å². The van der Waals surface area contributed by atoms with Crippen molar-refractivity contribution in [1.29, 1.82) is 0 Å². The Labute approximate surface area is 132 Å². The molecule has 0 saturated carbocycles. The molecule has 1 aliphatic rings. The molecule has 3 heterocycles. The Bertz CT molecular complexity index is 646. The maximum Gasteiger partial charge on any atom is 0.133 e. The van der Waals surface area contributed by atoms with E-state index >= 15 is 0 Å². The molecule has 1 fully saturated rings. The topological polar surface area (TPSA) is 46.8 Å². The van der Waals surface area contributed by atoms with Crippen LogP contribution in [0.1, 0.15) is 43.3 Å². The molecule has 5 heteroatoms. The van der Waals surface area contributed by atoms with E-state index in [0.29, 0.717) is 11.8 Å². The van der Waals surface area contributed by atoms with Crippen molar-refractivity contribution in [2.45, 2.75) is 39.5 Å². The van der Waals surface area contributed by atoms with Crippen molar-refractivity contribution < 1.29 is 0 Å². The summed E-state index contributed by atoms with van der Waals surface area (Å²) in [6.07, 6.45) is 6.42. The summed E-state index contributed by atoms with van der Waals surface area (Å²) in [5, 5.41) is 4.26. The molecule has 2 aromatic rings. The Hall–Kier alpha value is -1.91. The number of rotatable bonds is 4. The van der Waals surface area contributed by atoms with E-state index in [9.17, 15) is 0 Å². The maximum atomic E-state index is 4.76. The lowest BCUT2D eigenvalue weighted by molar-refractivity contribution is 0.585. The zero-order chi connectivity index (χ0) is 15.7. The summed E-state index contributed by atoms with van der Waals surface area (Å²) in [6, 6.07) is 2.11. The predicted octanol–water partition coefficient (Wildman–Crippen LogP) is 2.71. The molecule has 0 N–H and O–H groups in total. The van der Waals surface area contributed by atoms with Gasteiger partial charge in [0.15, 0.2) is 0 Å². The van der Waals surface area contributed by atoms with Crippen LogP contribution in [-0.2, 0) is 13.5 Å². The van der Waals surface area contributed by atoms with Crippen LogP contribution in [0, 0.1) is 12.8 Å². The van der Waals surface area contributed by atoms with Gasteiger partial charge in [-0.05, 0) is 31.2 Å². The highest BCUT2D eigenvalue weighted by Crippen LogP contribution is 2.26. The van der Waals surface area contributed by atoms with Crippen LogP contribution >= 0.6 is 0 Å². The Morgan fingerprint density at radius 2 is 2.14 bits per heavy atom. The van der Waals surface area contributed by atoms with Crippen molar-refractivity contribution in [3.05, 3.63) is 35.5 Å². The minimum Gasteiger partial charge on any atom is -0.356 e. The molecule has 0 spiro atoms. The molecule has 0 amide bonds. The van der Waals surface area contributed by atoms with Gasteiger partial charge in [0.1, 0.15) is 11.6 Å². The summed E-state index contributed by atoms with van der Waals surface area (Å²) >= 11 is 0. The third kappa shape index (κ3) is 3.29. The van der Waals surface area contributed by atoms with E-state index in [4.69, 9.17) is 4.98 Å². The van der Waals surface area contributed by atoms with E-state index in [0.717, 1.165) is 36.8 Å². The second kappa shape index (κ2) is 6.07. The first-order chi connectivity index (χ1) is 10.5. The maximum absolute atomic E-state index is 4.76. The smallest absolute Gasteiger partial charge is 0.133 e. The first-order valence-corrected chi connectivity index (χ1v) is 8.09. The molecule has 0 radical (unpaired) electrons. The van der Waals surface area contributed by atoms with Crippen molar-refractivity contribution in [3.8, 4) is 0 Å². The van der Waals surface area contributed by atoms with Gasteiger partial charge in [0.05, 0.1) is 6.20 Å². The highest BCUT2D eigenvalue weighted by molar-refractivity contribution is 5.41. The summed E-state index contributed by atoms with van der Waals surface area (Å²) in [7, 11) is 1.97. The minimum atomic E-state index is 0.368. The normalized spacial score (nSPS) is 18.4. The zero-order valence-electron chi connectivity index (χ0n) is 14.0. The third-order valence-electron chi connectivity index (χ3n) is 4.27. The van der Waals surface area contributed by atoms with Gasteiger partial charge < -0.3 is 4.90 Å². The zero-order valence-corrected chi connectivity index (χ0v) is 14.0. The lowest BCUT2D eigenvalue weighted by Gasteiger charge is -2.19. The first-order valence-electron chi connectivity index (χ1n) is 8.09. The number of hydrogen-bond donors (Lipinski definition) is 0. The number of nitrogens with zero attached hydrogens (tertiary/aromatic N) is 5. The second-order valence-corrected chi connectivity index (χ2v) is 6.71. The van der Waals surface area contributed by atoms with Crippen LogP contribution in [-0.4, -0.2) is 32.8 Å². The van der Waals surface area contributed by atoms with Gasteiger partial charge in [0, 0.05) is 44.0 Å². The number of aryl methyl sites for hydroxylation is 2. The first kappa shape index (κ1) is 15.0. The standard InChI is InChI=1S/C17H25N5/c1-12(2)17-19-13(3)7-16(20-17)22-6-5-14(11-22)8-15-9-18-21(4)10-15/h7,9-10,12,14H,5-6,8,11H2,1-4H3. The van der Waals surface area contributed by atoms with Crippen LogP contribution in [0.15, 0.2) is 18.5 Å². The van der Waals surface area contributed by atoms with Crippen molar-refractivity contribution in [2.24, 2.45) is 13.0 Å². The molecular formula is C17H25N5. The molecule has 3 rings (SSSR count). The number of hydrogen-bond acceptors (Lipinski definition) is 4. The Kier molecular flexibility index (Phi) is 4.14. The van der Waals surface area contributed by atoms with Crippen LogP contribution in [0.5, 0.6) is 0 Å². The summed E-state index contributed by atoms with van der Waals surface area (Å²) in [6.45, 7) is 8.50. The summed E-state index contributed by atoms with van der Waals surface area (Å²) in [4.78, 5) is 11.7. The number of anilines is 1. The second-order valence-electron chi connectivity index (χ2n) is 6.71. The molecule has 1 saturated heterocycles. The number of aromatic nitrogens is 4. The van der Waals surface area contributed by atoms with Gasteiger partial charge in [0.2, 0.25) is 0 Å². The molecule has 1 aliphatic heterocycles. The lowest BCUT2D eigenvalue weighted by atomic mass is 10.0. The van der Waals surface area contributed by atoms with Crippen LogP contribution in [0.2, 0.25) is 0 Å². The third-order valence-corrected chi connectivity index (χ3v) is 4.27. The summed E-state index contributed by atoms with van der Waals surface area (Å²) in [5.41, 5.74) is 2.39. The molecular weight excluding hydrogens is 274 g/mol. The molecule has 5 nitrogen and oxygen atoms in total. The van der Waals surface area contributed by atoms with Gasteiger partial charge in [-0.1, -0.05) is 13.8 Å². The average molecular weight is 299 g/mol. The molecule has 2 aromatic heterocycles. The average Bonchev–Trinajstić information content (AvgIpc) is 3.08. The lowest BCUT2D eigenvalue weighted by Crippen LogP contribution is -2.22. The Morgan fingerprint density at radius 1 is 1.32 bits per heavy atom. The molecule has 1 unspecified atom stereocenters. The summed E-state index contributed by atoms with van der Waals surface area (Å²) < 4.78 is 1.88. The van der Waals surface area contributed by atoms with Gasteiger partial charge in [-0.15, -0.1) is 0 Å². The highest BCUT2D eigenvalue weighted by Gasteiger charge is 2.24. The quantitative estimate of drug-likeness (QED) is 0.871. The van der Waals surface area contributed by atoms with Crippen LogP contribution in [0.25, 0.3) is 0 Å². The van der Waals surface area contributed by atoms with Gasteiger partial charge in [-0.2, -0.15) is 5.10 Å². The molecule has 22 heavy (non-hydrogen) atoms. The molecule has 1 atom stereocenters. The Balaban J connectivity index is 1.69. The van der Waals surface area contributed by atoms with Crippen LogP contribution < -0.4 is 4.90 Å². The van der Waals surface area contributed by atoms with Crippen molar-refractivity contribution in [3.63, 3.8) is 0 Å². The SMILES string of the molecule is Cc1cc(N2CCC(Cc3cnn(C)c3)C2)nc(C(C)C)n1. The predicted molar refractivity (Wildman–Crippen MR) is 88.1 cm³/mol. The molecule has 0 bridgehead atoms. The van der Waals surface area contributed by atoms with Gasteiger partial charge in [-0.25, -0.2) is 9.97 Å². The highest BCUT2D eigenvalue weighted by atomic mass is 15.2. The fourth-order valence-electron chi connectivity index (χ4n) is 3.11. The van der Waals surface area contributed by atoms with Gasteiger partial charge >= 0.3 is 0 Å². The van der Waals surface area contributed by atoms with Crippen LogP contribution in [0.4, 0.5) is 5.82 Å². The van der Waals surface area contributed by atoms with Gasteiger partial charge in [-0.3, -0.25) is 4.68 Å². The monoisotopic (exact) mass is 299 g/mol. The van der Waals surface area contributed by atoms with E-state index in [1.54, 1.807) is 0 Å². The van der Waals surface area contributed by atoms with E-state index in [2.05, 4.69) is 48.0 Å². The summed E-state index contributed by atoms with van der Waals surface area (Å²) in [5.74, 6) is 3.09. The van der Waals surface area contributed by atoms with Crippen molar-refractivity contribution >= 4 is 5.82 Å². The fraction of sp³-hybridized carbons (Fsp3) is 0.588. The van der Waals surface area contributed by atoms with E-state index in [1.807, 2.05) is 17.9 Å². The van der Waals surface area contributed by atoms with Crippen LogP contribution in [0.3, 0.4) is 0 Å². The van der Waals surface area contributed by atoms with Crippen molar-refractivity contribution in [1.82, 2.24) is 19.7 Å². The fourth-order valence-corrected chi connectivity index (χ4v) is 3.11. The molecule has 0 aliphatic carbocycles.